The molecule has 122 valence electrons. The number of anilines is 2. The van der Waals surface area contributed by atoms with Crippen LogP contribution in [0.25, 0.3) is 0 Å². The predicted octanol–water partition coefficient (Wildman–Crippen LogP) is 2.62. The number of nitrogens with two attached hydrogens (primary N) is 1. The Kier molecular flexibility index (Phi) is 4.28. The van der Waals surface area contributed by atoms with Gasteiger partial charge in [-0.25, -0.2) is 8.42 Å². The Balaban J connectivity index is 2.46. The summed E-state index contributed by atoms with van der Waals surface area (Å²) < 4.78 is 26.4. The number of nitrogens with zero attached hydrogens (tertiary/aromatic N) is 2. The van der Waals surface area contributed by atoms with E-state index in [0.29, 0.717) is 0 Å². The number of nitro benzene ring substituents is 1. The molecule has 0 saturated heterocycles. The van der Waals surface area contributed by atoms with E-state index in [0.717, 1.165) is 15.4 Å². The minimum Gasteiger partial charge on any atom is -0.393 e. The lowest BCUT2D eigenvalue weighted by atomic mass is 10.1. The van der Waals surface area contributed by atoms with Crippen LogP contribution in [0, 0.1) is 24.0 Å². The minimum atomic E-state index is -3.77. The summed E-state index contributed by atoms with van der Waals surface area (Å²) in [5.74, 6) is 0. The van der Waals surface area contributed by atoms with Gasteiger partial charge >= 0.3 is 0 Å². The molecule has 0 bridgehead atoms. The second-order valence-electron chi connectivity index (χ2n) is 5.22. The monoisotopic (exact) mass is 335 g/mol. The zero-order valence-corrected chi connectivity index (χ0v) is 13.8. The van der Waals surface area contributed by atoms with Gasteiger partial charge in [0.15, 0.2) is 0 Å². The van der Waals surface area contributed by atoms with Gasteiger partial charge in [-0.2, -0.15) is 0 Å². The largest absolute Gasteiger partial charge is 0.393 e. The third kappa shape index (κ3) is 3.11. The lowest BCUT2D eigenvalue weighted by Gasteiger charge is -2.20. The van der Waals surface area contributed by atoms with Crippen molar-refractivity contribution >= 4 is 27.1 Å². The molecule has 23 heavy (non-hydrogen) atoms. The normalized spacial score (nSPS) is 11.3. The number of benzene rings is 2. The van der Waals surface area contributed by atoms with Crippen molar-refractivity contribution in [2.45, 2.75) is 18.7 Å². The number of rotatable bonds is 4. The highest BCUT2D eigenvalue weighted by atomic mass is 32.2. The van der Waals surface area contributed by atoms with Crippen molar-refractivity contribution in [3.8, 4) is 0 Å². The average molecular weight is 335 g/mol. The molecule has 2 aromatic carbocycles. The lowest BCUT2D eigenvalue weighted by molar-refractivity contribution is -0.383. The number of nitro groups is 1. The number of hydrogen-bond donors (Lipinski definition) is 1. The molecule has 7 nitrogen and oxygen atoms in total. The van der Waals surface area contributed by atoms with Crippen LogP contribution >= 0.6 is 0 Å². The molecule has 0 fully saturated rings. The van der Waals surface area contributed by atoms with Gasteiger partial charge in [-0.15, -0.1) is 0 Å². The van der Waals surface area contributed by atoms with Crippen molar-refractivity contribution < 1.29 is 13.3 Å². The first-order valence-electron chi connectivity index (χ1n) is 6.74. The van der Waals surface area contributed by atoms with E-state index in [9.17, 15) is 18.5 Å². The number of hydrogen-bond acceptors (Lipinski definition) is 5. The minimum absolute atomic E-state index is 0.0883. The molecule has 0 heterocycles. The third-order valence-corrected chi connectivity index (χ3v) is 5.49. The quantitative estimate of drug-likeness (QED) is 0.525. The summed E-state index contributed by atoms with van der Waals surface area (Å²) in [5.41, 5.74) is 7.39. The van der Waals surface area contributed by atoms with Gasteiger partial charge in [-0.1, -0.05) is 6.07 Å². The fraction of sp³-hybridized carbons (Fsp3) is 0.200. The van der Waals surface area contributed by atoms with Crippen LogP contribution in [0.5, 0.6) is 0 Å². The molecule has 0 aromatic heterocycles. The fourth-order valence-electron chi connectivity index (χ4n) is 2.08. The van der Waals surface area contributed by atoms with E-state index in [1.165, 1.54) is 31.3 Å². The highest BCUT2D eigenvalue weighted by Crippen LogP contribution is 2.29. The number of sulfonamides is 1. The van der Waals surface area contributed by atoms with Gasteiger partial charge in [0, 0.05) is 13.1 Å². The standard InChI is InChI=1S/C15H17N3O4S/c1-10-4-6-13(8-11(10)2)23(21,22)17(3)12-5-7-15(18(19)20)14(16)9-12/h4-9H,16H2,1-3H3. The molecule has 0 aliphatic heterocycles. The summed E-state index contributed by atoms with van der Waals surface area (Å²) in [6.07, 6.45) is 0. The zero-order chi connectivity index (χ0) is 17.4. The Morgan fingerprint density at radius 2 is 1.74 bits per heavy atom. The summed E-state index contributed by atoms with van der Waals surface area (Å²) in [4.78, 5) is 10.3. The summed E-state index contributed by atoms with van der Waals surface area (Å²) in [6.45, 7) is 3.73. The molecular weight excluding hydrogens is 318 g/mol. The van der Waals surface area contributed by atoms with E-state index >= 15 is 0 Å². The molecule has 0 aliphatic carbocycles. The highest BCUT2D eigenvalue weighted by molar-refractivity contribution is 7.92. The Morgan fingerprint density at radius 1 is 1.09 bits per heavy atom. The molecule has 0 aliphatic rings. The van der Waals surface area contributed by atoms with Crippen molar-refractivity contribution in [3.05, 3.63) is 57.6 Å². The molecule has 0 saturated carbocycles. The van der Waals surface area contributed by atoms with Crippen LogP contribution in [0.1, 0.15) is 11.1 Å². The van der Waals surface area contributed by atoms with Crippen LogP contribution in [0.4, 0.5) is 17.1 Å². The molecule has 0 amide bonds. The van der Waals surface area contributed by atoms with Crippen LogP contribution < -0.4 is 10.0 Å². The summed E-state index contributed by atoms with van der Waals surface area (Å²) in [7, 11) is -2.39. The second kappa shape index (κ2) is 5.88. The Hall–Kier alpha value is -2.61. The van der Waals surface area contributed by atoms with Crippen LogP contribution in [0.15, 0.2) is 41.3 Å². The predicted molar refractivity (Wildman–Crippen MR) is 89.0 cm³/mol. The molecule has 2 aromatic rings. The first kappa shape index (κ1) is 16.8. The first-order valence-corrected chi connectivity index (χ1v) is 8.18. The molecule has 8 heteroatoms. The van der Waals surface area contributed by atoms with Crippen molar-refractivity contribution in [3.63, 3.8) is 0 Å². The van der Waals surface area contributed by atoms with Gasteiger partial charge in [0.2, 0.25) is 0 Å². The van der Waals surface area contributed by atoms with Gasteiger partial charge in [-0.3, -0.25) is 14.4 Å². The Labute approximate surface area is 134 Å². The molecule has 0 radical (unpaired) electrons. The summed E-state index contributed by atoms with van der Waals surface area (Å²) >= 11 is 0. The molecule has 2 rings (SSSR count). The van der Waals surface area contributed by atoms with E-state index in [2.05, 4.69) is 0 Å². The van der Waals surface area contributed by atoms with Gasteiger partial charge < -0.3 is 5.73 Å². The molecule has 0 spiro atoms. The smallest absolute Gasteiger partial charge is 0.292 e. The van der Waals surface area contributed by atoms with E-state index in [1.54, 1.807) is 12.1 Å². The van der Waals surface area contributed by atoms with Gasteiger partial charge in [0.25, 0.3) is 15.7 Å². The molecular formula is C15H17N3O4S. The fourth-order valence-corrected chi connectivity index (χ4v) is 3.35. The average Bonchev–Trinajstić information content (AvgIpc) is 2.48. The summed E-state index contributed by atoms with van der Waals surface area (Å²) in [5, 5.41) is 10.8. The van der Waals surface area contributed by atoms with E-state index in [4.69, 9.17) is 5.73 Å². The Morgan fingerprint density at radius 3 is 2.26 bits per heavy atom. The van der Waals surface area contributed by atoms with Crippen LogP contribution in [-0.2, 0) is 10.0 Å². The van der Waals surface area contributed by atoms with Crippen molar-refractivity contribution in [1.82, 2.24) is 0 Å². The van der Waals surface area contributed by atoms with Crippen LogP contribution in [0.3, 0.4) is 0 Å². The van der Waals surface area contributed by atoms with Crippen LogP contribution in [0.2, 0.25) is 0 Å². The Bertz CT molecular complexity index is 878. The lowest BCUT2D eigenvalue weighted by Crippen LogP contribution is -2.26. The highest BCUT2D eigenvalue weighted by Gasteiger charge is 2.23. The van der Waals surface area contributed by atoms with E-state index in [-0.39, 0.29) is 22.0 Å². The van der Waals surface area contributed by atoms with Crippen LogP contribution in [-0.4, -0.2) is 20.4 Å². The number of aryl methyl sites for hydroxylation is 2. The van der Waals surface area contributed by atoms with E-state index in [1.807, 2.05) is 13.8 Å². The van der Waals surface area contributed by atoms with Crippen molar-refractivity contribution in [2.75, 3.05) is 17.1 Å². The van der Waals surface area contributed by atoms with Crippen molar-refractivity contribution in [2.24, 2.45) is 0 Å². The van der Waals surface area contributed by atoms with Gasteiger partial charge in [0.05, 0.1) is 15.5 Å². The van der Waals surface area contributed by atoms with Crippen molar-refractivity contribution in [1.29, 1.82) is 0 Å². The maximum absolute atomic E-state index is 12.7. The topological polar surface area (TPSA) is 107 Å². The molecule has 0 unspecified atom stereocenters. The number of nitrogen functional groups attached to an aromatic ring is 1. The SMILES string of the molecule is Cc1ccc(S(=O)(=O)N(C)c2ccc([N+](=O)[O-])c(N)c2)cc1C. The third-order valence-electron chi connectivity index (χ3n) is 3.71. The second-order valence-corrected chi connectivity index (χ2v) is 7.19. The molecule has 0 atom stereocenters. The summed E-state index contributed by atoms with van der Waals surface area (Å²) in [6, 6.07) is 8.68. The van der Waals surface area contributed by atoms with Gasteiger partial charge in [0.1, 0.15) is 5.69 Å². The first-order chi connectivity index (χ1) is 10.6. The van der Waals surface area contributed by atoms with E-state index < -0.39 is 14.9 Å². The zero-order valence-electron chi connectivity index (χ0n) is 13.0. The maximum atomic E-state index is 12.7. The molecule has 2 N–H and O–H groups in total. The maximum Gasteiger partial charge on any atom is 0.292 e. The van der Waals surface area contributed by atoms with Gasteiger partial charge in [-0.05, 0) is 49.2 Å².